The average molecular weight is 448 g/mol. The highest BCUT2D eigenvalue weighted by Crippen LogP contribution is 2.34. The standard InChI is InChI=1S/C20H12F4N4O2S/c21-13-5-7-14(8-6-13)28-17(29)9-16(18(28)30)31-19-26-15(10-25-27-19)11-1-3-12(4-2-11)20(22,23)24/h1-8,10,16H,9H2. The summed E-state index contributed by atoms with van der Waals surface area (Å²) < 4.78 is 51.3. The molecular formula is C20H12F4N4O2S. The van der Waals surface area contributed by atoms with Crippen LogP contribution in [0.4, 0.5) is 23.2 Å². The monoisotopic (exact) mass is 448 g/mol. The Labute approximate surface area is 177 Å². The Balaban J connectivity index is 1.52. The molecule has 0 bridgehead atoms. The van der Waals surface area contributed by atoms with Crippen molar-refractivity contribution in [1.82, 2.24) is 15.2 Å². The number of carbonyl (C=O) groups excluding carboxylic acids is 2. The second-order valence-electron chi connectivity index (χ2n) is 6.55. The maximum absolute atomic E-state index is 13.1. The summed E-state index contributed by atoms with van der Waals surface area (Å²) in [7, 11) is 0. The summed E-state index contributed by atoms with van der Waals surface area (Å²) in [5.74, 6) is -1.43. The summed E-state index contributed by atoms with van der Waals surface area (Å²) in [4.78, 5) is 30.2. The van der Waals surface area contributed by atoms with Gasteiger partial charge in [0.25, 0.3) is 0 Å². The number of alkyl halides is 3. The molecular weight excluding hydrogens is 436 g/mol. The molecule has 11 heteroatoms. The normalized spacial score (nSPS) is 16.8. The molecule has 1 fully saturated rings. The van der Waals surface area contributed by atoms with E-state index in [9.17, 15) is 27.2 Å². The first kappa shape index (κ1) is 20.9. The minimum atomic E-state index is -4.45. The van der Waals surface area contributed by atoms with Gasteiger partial charge in [0.15, 0.2) is 0 Å². The summed E-state index contributed by atoms with van der Waals surface area (Å²) in [5, 5.41) is 6.94. The van der Waals surface area contributed by atoms with Gasteiger partial charge in [-0.3, -0.25) is 9.59 Å². The van der Waals surface area contributed by atoms with Crippen LogP contribution in [0.15, 0.2) is 59.9 Å². The Bertz CT molecular complexity index is 1140. The first-order valence-electron chi connectivity index (χ1n) is 8.89. The van der Waals surface area contributed by atoms with E-state index in [0.29, 0.717) is 5.56 Å². The smallest absolute Gasteiger partial charge is 0.274 e. The van der Waals surface area contributed by atoms with Gasteiger partial charge in [0, 0.05) is 12.0 Å². The number of thioether (sulfide) groups is 1. The zero-order chi connectivity index (χ0) is 22.2. The predicted molar refractivity (Wildman–Crippen MR) is 103 cm³/mol. The Morgan fingerprint density at radius 2 is 1.68 bits per heavy atom. The van der Waals surface area contributed by atoms with Gasteiger partial charge in [-0.15, -0.1) is 5.10 Å². The van der Waals surface area contributed by atoms with E-state index in [2.05, 4.69) is 15.2 Å². The lowest BCUT2D eigenvalue weighted by molar-refractivity contribution is -0.137. The minimum Gasteiger partial charge on any atom is -0.274 e. The fourth-order valence-electron chi connectivity index (χ4n) is 2.99. The summed E-state index contributed by atoms with van der Waals surface area (Å²) in [5.41, 5.74) is 0.144. The van der Waals surface area contributed by atoms with Crippen LogP contribution in [-0.2, 0) is 15.8 Å². The van der Waals surface area contributed by atoms with Crippen LogP contribution in [0.3, 0.4) is 0 Å². The van der Waals surface area contributed by atoms with Crippen LogP contribution >= 0.6 is 11.8 Å². The number of benzene rings is 2. The highest BCUT2D eigenvalue weighted by molar-refractivity contribution is 8.00. The molecule has 158 valence electrons. The number of anilines is 1. The third kappa shape index (κ3) is 4.41. The molecule has 1 saturated heterocycles. The van der Waals surface area contributed by atoms with E-state index in [0.717, 1.165) is 40.9 Å². The van der Waals surface area contributed by atoms with Gasteiger partial charge in [-0.25, -0.2) is 14.3 Å². The van der Waals surface area contributed by atoms with Crippen LogP contribution in [0, 0.1) is 5.82 Å². The second kappa shape index (κ2) is 8.06. The molecule has 0 aliphatic carbocycles. The van der Waals surface area contributed by atoms with E-state index >= 15 is 0 Å². The first-order chi connectivity index (χ1) is 14.7. The molecule has 1 aromatic heterocycles. The zero-order valence-corrected chi connectivity index (χ0v) is 16.3. The Morgan fingerprint density at radius 1 is 1.00 bits per heavy atom. The van der Waals surface area contributed by atoms with Gasteiger partial charge in [0.1, 0.15) is 11.1 Å². The molecule has 1 aliphatic rings. The molecule has 6 nitrogen and oxygen atoms in total. The Kier molecular flexibility index (Phi) is 5.44. The van der Waals surface area contributed by atoms with E-state index in [1.54, 1.807) is 0 Å². The molecule has 3 aromatic rings. The van der Waals surface area contributed by atoms with Gasteiger partial charge in [-0.2, -0.15) is 18.3 Å². The van der Waals surface area contributed by atoms with Crippen molar-refractivity contribution in [2.24, 2.45) is 0 Å². The molecule has 2 aromatic carbocycles. The lowest BCUT2D eigenvalue weighted by Gasteiger charge is -2.14. The maximum atomic E-state index is 13.1. The number of rotatable bonds is 4. The van der Waals surface area contributed by atoms with Gasteiger partial charge in [0.2, 0.25) is 17.0 Å². The largest absolute Gasteiger partial charge is 0.416 e. The van der Waals surface area contributed by atoms with Crippen molar-refractivity contribution in [2.75, 3.05) is 4.90 Å². The van der Waals surface area contributed by atoms with Crippen molar-refractivity contribution in [3.63, 3.8) is 0 Å². The van der Waals surface area contributed by atoms with Crippen LogP contribution in [-0.4, -0.2) is 32.2 Å². The number of hydrogen-bond donors (Lipinski definition) is 0. The van der Waals surface area contributed by atoms with E-state index in [-0.39, 0.29) is 23.0 Å². The quantitative estimate of drug-likeness (QED) is 0.442. The van der Waals surface area contributed by atoms with Crippen LogP contribution in [0.5, 0.6) is 0 Å². The molecule has 2 heterocycles. The number of hydrogen-bond acceptors (Lipinski definition) is 6. The van der Waals surface area contributed by atoms with Crippen LogP contribution in [0.2, 0.25) is 0 Å². The van der Waals surface area contributed by atoms with Crippen molar-refractivity contribution in [1.29, 1.82) is 0 Å². The molecule has 2 amide bonds. The summed E-state index contributed by atoms with van der Waals surface area (Å²) in [6.45, 7) is 0. The van der Waals surface area contributed by atoms with Gasteiger partial charge in [-0.1, -0.05) is 23.9 Å². The Morgan fingerprint density at radius 3 is 2.32 bits per heavy atom. The number of halogens is 4. The van der Waals surface area contributed by atoms with Crippen LogP contribution in [0.25, 0.3) is 11.3 Å². The molecule has 1 unspecified atom stereocenters. The summed E-state index contributed by atoms with van der Waals surface area (Å²) >= 11 is 0.930. The molecule has 0 saturated carbocycles. The highest BCUT2D eigenvalue weighted by atomic mass is 32.2. The van der Waals surface area contributed by atoms with E-state index in [1.165, 1.54) is 30.5 Å². The molecule has 31 heavy (non-hydrogen) atoms. The average Bonchev–Trinajstić information content (AvgIpc) is 3.01. The lowest BCUT2D eigenvalue weighted by atomic mass is 10.1. The first-order valence-corrected chi connectivity index (χ1v) is 9.77. The number of carbonyl (C=O) groups is 2. The van der Waals surface area contributed by atoms with E-state index in [4.69, 9.17) is 0 Å². The van der Waals surface area contributed by atoms with Crippen LogP contribution in [0.1, 0.15) is 12.0 Å². The number of amides is 2. The van der Waals surface area contributed by atoms with Gasteiger partial charge >= 0.3 is 6.18 Å². The van der Waals surface area contributed by atoms with Gasteiger partial charge in [-0.05, 0) is 36.4 Å². The van der Waals surface area contributed by atoms with Gasteiger partial charge < -0.3 is 0 Å². The number of nitrogens with zero attached hydrogens (tertiary/aromatic N) is 4. The van der Waals surface area contributed by atoms with E-state index < -0.39 is 34.6 Å². The highest BCUT2D eigenvalue weighted by Gasteiger charge is 2.40. The SMILES string of the molecule is O=C1CC(Sc2nncc(-c3ccc(C(F)(F)F)cc3)n2)C(=O)N1c1ccc(F)cc1. The molecule has 1 aliphatic heterocycles. The minimum absolute atomic E-state index is 0.101. The predicted octanol–water partition coefficient (Wildman–Crippen LogP) is 4.12. The topological polar surface area (TPSA) is 76.0 Å². The molecule has 0 spiro atoms. The van der Waals surface area contributed by atoms with Gasteiger partial charge in [0.05, 0.1) is 23.1 Å². The van der Waals surface area contributed by atoms with Crippen molar-refractivity contribution in [2.45, 2.75) is 23.0 Å². The third-order valence-corrected chi connectivity index (χ3v) is 5.52. The number of aromatic nitrogens is 3. The lowest BCUT2D eigenvalue weighted by Crippen LogP contribution is -2.31. The molecule has 0 N–H and O–H groups in total. The summed E-state index contributed by atoms with van der Waals surface area (Å²) in [6.07, 6.45) is -3.26. The second-order valence-corrected chi connectivity index (χ2v) is 7.72. The fourth-order valence-corrected chi connectivity index (χ4v) is 3.92. The van der Waals surface area contributed by atoms with E-state index in [1.807, 2.05) is 0 Å². The molecule has 4 rings (SSSR count). The molecule has 0 radical (unpaired) electrons. The van der Waals surface area contributed by atoms with Crippen molar-refractivity contribution in [3.8, 4) is 11.3 Å². The van der Waals surface area contributed by atoms with Crippen molar-refractivity contribution >= 4 is 29.3 Å². The Hall–Kier alpha value is -3.34. The fraction of sp³-hybridized carbons (Fsp3) is 0.150. The number of imide groups is 1. The van der Waals surface area contributed by atoms with Crippen LogP contribution < -0.4 is 4.90 Å². The van der Waals surface area contributed by atoms with Crippen molar-refractivity contribution in [3.05, 3.63) is 66.1 Å². The third-order valence-electron chi connectivity index (χ3n) is 4.49. The zero-order valence-electron chi connectivity index (χ0n) is 15.5. The maximum Gasteiger partial charge on any atom is 0.416 e. The molecule has 1 atom stereocenters. The summed E-state index contributed by atoms with van der Waals surface area (Å²) in [6, 6.07) is 9.37. The van der Waals surface area contributed by atoms with Crippen molar-refractivity contribution < 1.29 is 27.2 Å².